The van der Waals surface area contributed by atoms with E-state index in [-0.39, 0.29) is 12.4 Å². The van der Waals surface area contributed by atoms with Crippen molar-refractivity contribution >= 4 is 5.97 Å². The van der Waals surface area contributed by atoms with E-state index in [4.69, 9.17) is 18.6 Å². The van der Waals surface area contributed by atoms with E-state index in [2.05, 4.69) is 4.98 Å². The van der Waals surface area contributed by atoms with Crippen LogP contribution in [-0.4, -0.2) is 30.8 Å². The average Bonchev–Trinajstić information content (AvgIpc) is 2.89. The van der Waals surface area contributed by atoms with Crippen molar-refractivity contribution in [3.63, 3.8) is 0 Å². The highest BCUT2D eigenvalue weighted by Gasteiger charge is 2.24. The molecule has 0 N–H and O–H groups in total. The number of hydrogen-bond donors (Lipinski definition) is 0. The Labute approximate surface area is 121 Å². The summed E-state index contributed by atoms with van der Waals surface area (Å²) in [5.41, 5.74) is 1.14. The molecule has 1 aromatic carbocycles. The molecule has 0 saturated carbocycles. The lowest BCUT2D eigenvalue weighted by Crippen LogP contribution is -2.15. The number of fused-ring (bicyclic) bond motifs is 1. The minimum absolute atomic E-state index is 0.112. The molecule has 1 aliphatic heterocycles. The van der Waals surface area contributed by atoms with Gasteiger partial charge >= 0.3 is 5.97 Å². The number of rotatable bonds is 3. The Hall–Kier alpha value is -2.50. The molecule has 6 nitrogen and oxygen atoms in total. The summed E-state index contributed by atoms with van der Waals surface area (Å²) < 4.78 is 21.6. The van der Waals surface area contributed by atoms with E-state index in [9.17, 15) is 4.79 Å². The van der Waals surface area contributed by atoms with E-state index in [0.717, 1.165) is 0 Å². The van der Waals surface area contributed by atoms with Crippen molar-refractivity contribution in [2.24, 2.45) is 0 Å². The van der Waals surface area contributed by atoms with Gasteiger partial charge in [0.25, 0.3) is 0 Å². The zero-order valence-electron chi connectivity index (χ0n) is 11.8. The van der Waals surface area contributed by atoms with Gasteiger partial charge in [-0.15, -0.1) is 0 Å². The molecule has 0 unspecified atom stereocenters. The molecule has 0 amide bonds. The predicted molar refractivity (Wildman–Crippen MR) is 73.6 cm³/mol. The number of ether oxygens (including phenoxy) is 3. The van der Waals surface area contributed by atoms with Crippen LogP contribution in [-0.2, 0) is 4.74 Å². The van der Waals surface area contributed by atoms with Crippen LogP contribution in [0.3, 0.4) is 0 Å². The summed E-state index contributed by atoms with van der Waals surface area (Å²) in [6.07, 6.45) is 0. The summed E-state index contributed by atoms with van der Waals surface area (Å²) >= 11 is 0. The predicted octanol–water partition coefficient (Wildman–Crippen LogP) is 2.60. The second kappa shape index (κ2) is 5.47. The molecule has 21 heavy (non-hydrogen) atoms. The molecule has 0 fully saturated rings. The minimum Gasteiger partial charge on any atom is -0.486 e. The second-order valence-corrected chi connectivity index (χ2v) is 4.48. The Morgan fingerprint density at radius 3 is 2.95 bits per heavy atom. The van der Waals surface area contributed by atoms with Crippen LogP contribution in [0.25, 0.3) is 11.5 Å². The third-order valence-electron chi connectivity index (χ3n) is 3.05. The van der Waals surface area contributed by atoms with E-state index in [1.54, 1.807) is 13.8 Å². The van der Waals surface area contributed by atoms with Crippen LogP contribution in [0.5, 0.6) is 11.5 Å². The first-order valence-electron chi connectivity index (χ1n) is 6.74. The van der Waals surface area contributed by atoms with Gasteiger partial charge in [-0.3, -0.25) is 0 Å². The van der Waals surface area contributed by atoms with Gasteiger partial charge in [0.1, 0.15) is 13.2 Å². The lowest BCUT2D eigenvalue weighted by Gasteiger charge is -2.19. The first kappa shape index (κ1) is 13.5. The van der Waals surface area contributed by atoms with Crippen LogP contribution in [0.2, 0.25) is 0 Å². The van der Waals surface area contributed by atoms with E-state index < -0.39 is 5.97 Å². The van der Waals surface area contributed by atoms with Crippen molar-refractivity contribution in [2.45, 2.75) is 13.8 Å². The maximum absolute atomic E-state index is 11.8. The van der Waals surface area contributed by atoms with Gasteiger partial charge in [-0.2, -0.15) is 0 Å². The standard InChI is InChI=1S/C15H15NO5/c1-3-18-15(17)12-9(2)16-14(21-12)10-5-4-6-11-13(10)20-8-7-19-11/h4-6H,3,7-8H2,1-2H3. The van der Waals surface area contributed by atoms with Crippen molar-refractivity contribution in [3.05, 3.63) is 29.7 Å². The van der Waals surface area contributed by atoms with Gasteiger partial charge in [0, 0.05) is 0 Å². The summed E-state index contributed by atoms with van der Waals surface area (Å²) in [6, 6.07) is 5.46. The summed E-state index contributed by atoms with van der Waals surface area (Å²) in [5, 5.41) is 0. The number of aromatic nitrogens is 1. The van der Waals surface area contributed by atoms with Crippen molar-refractivity contribution < 1.29 is 23.4 Å². The van der Waals surface area contributed by atoms with Crippen LogP contribution < -0.4 is 9.47 Å². The monoisotopic (exact) mass is 289 g/mol. The molecule has 0 bridgehead atoms. The van der Waals surface area contributed by atoms with Gasteiger partial charge < -0.3 is 18.6 Å². The zero-order chi connectivity index (χ0) is 14.8. The number of carbonyl (C=O) groups excluding carboxylic acids is 1. The molecule has 0 saturated heterocycles. The smallest absolute Gasteiger partial charge is 0.376 e. The molecule has 2 aromatic rings. The number of para-hydroxylation sites is 1. The Morgan fingerprint density at radius 1 is 1.33 bits per heavy atom. The lowest BCUT2D eigenvalue weighted by atomic mass is 10.1. The Morgan fingerprint density at radius 2 is 2.14 bits per heavy atom. The van der Waals surface area contributed by atoms with Crippen molar-refractivity contribution in [2.75, 3.05) is 19.8 Å². The van der Waals surface area contributed by atoms with Crippen LogP contribution in [0, 0.1) is 6.92 Å². The Bertz CT molecular complexity index is 677. The zero-order valence-corrected chi connectivity index (χ0v) is 11.8. The highest BCUT2D eigenvalue weighted by atomic mass is 16.6. The van der Waals surface area contributed by atoms with Gasteiger partial charge in [0.2, 0.25) is 11.7 Å². The SMILES string of the molecule is CCOC(=O)c1oc(-c2cccc3c2OCCO3)nc1C. The molecule has 1 aliphatic rings. The Kier molecular flexibility index (Phi) is 3.51. The molecule has 6 heteroatoms. The fourth-order valence-corrected chi connectivity index (χ4v) is 2.14. The van der Waals surface area contributed by atoms with Crippen molar-refractivity contribution in [1.82, 2.24) is 4.98 Å². The number of hydrogen-bond acceptors (Lipinski definition) is 6. The van der Waals surface area contributed by atoms with Gasteiger partial charge in [-0.1, -0.05) is 6.07 Å². The molecular weight excluding hydrogens is 274 g/mol. The van der Waals surface area contributed by atoms with E-state index in [1.165, 1.54) is 0 Å². The number of nitrogens with zero attached hydrogens (tertiary/aromatic N) is 1. The molecule has 0 atom stereocenters. The molecule has 0 radical (unpaired) electrons. The molecule has 0 aliphatic carbocycles. The quantitative estimate of drug-likeness (QED) is 0.809. The molecule has 3 rings (SSSR count). The first-order chi connectivity index (χ1) is 10.2. The van der Waals surface area contributed by atoms with Gasteiger partial charge in [-0.05, 0) is 26.0 Å². The van der Waals surface area contributed by atoms with Crippen LogP contribution in [0.4, 0.5) is 0 Å². The van der Waals surface area contributed by atoms with E-state index in [1.807, 2.05) is 18.2 Å². The Balaban J connectivity index is 2.02. The maximum atomic E-state index is 11.8. The van der Waals surface area contributed by atoms with Crippen LogP contribution in [0.15, 0.2) is 22.6 Å². The summed E-state index contributed by atoms with van der Waals surface area (Å²) in [5.74, 6) is 1.14. The van der Waals surface area contributed by atoms with Gasteiger partial charge in [0.05, 0.1) is 17.9 Å². The van der Waals surface area contributed by atoms with Crippen LogP contribution in [0.1, 0.15) is 23.2 Å². The third kappa shape index (κ3) is 2.44. The normalized spacial score (nSPS) is 13.0. The number of oxazole rings is 1. The fourth-order valence-electron chi connectivity index (χ4n) is 2.14. The highest BCUT2D eigenvalue weighted by molar-refractivity contribution is 5.88. The fraction of sp³-hybridized carbons (Fsp3) is 0.333. The van der Waals surface area contributed by atoms with E-state index >= 15 is 0 Å². The molecule has 110 valence electrons. The average molecular weight is 289 g/mol. The third-order valence-corrected chi connectivity index (χ3v) is 3.05. The molecule has 0 spiro atoms. The summed E-state index contributed by atoms with van der Waals surface area (Å²) in [4.78, 5) is 16.1. The number of esters is 1. The lowest BCUT2D eigenvalue weighted by molar-refractivity contribution is 0.0490. The van der Waals surface area contributed by atoms with Crippen LogP contribution >= 0.6 is 0 Å². The molecule has 1 aromatic heterocycles. The molecular formula is C15H15NO5. The van der Waals surface area contributed by atoms with Gasteiger partial charge in [0.15, 0.2) is 11.5 Å². The highest BCUT2D eigenvalue weighted by Crippen LogP contribution is 2.39. The number of benzene rings is 1. The topological polar surface area (TPSA) is 70.8 Å². The number of aryl methyl sites for hydroxylation is 1. The first-order valence-corrected chi connectivity index (χ1v) is 6.74. The summed E-state index contributed by atoms with van der Waals surface area (Å²) in [6.45, 7) is 4.70. The van der Waals surface area contributed by atoms with Crippen molar-refractivity contribution in [1.29, 1.82) is 0 Å². The van der Waals surface area contributed by atoms with Crippen molar-refractivity contribution in [3.8, 4) is 23.0 Å². The van der Waals surface area contributed by atoms with E-state index in [0.29, 0.717) is 41.9 Å². The number of carbonyl (C=O) groups is 1. The second-order valence-electron chi connectivity index (χ2n) is 4.48. The molecule has 2 heterocycles. The maximum Gasteiger partial charge on any atom is 0.376 e. The van der Waals surface area contributed by atoms with Gasteiger partial charge in [-0.25, -0.2) is 9.78 Å². The largest absolute Gasteiger partial charge is 0.486 e. The minimum atomic E-state index is -0.518. The summed E-state index contributed by atoms with van der Waals surface area (Å²) in [7, 11) is 0.